The molecule has 0 aliphatic heterocycles. The third-order valence-corrected chi connectivity index (χ3v) is 3.58. The fourth-order valence-electron chi connectivity index (χ4n) is 2.27. The lowest BCUT2D eigenvalue weighted by Crippen LogP contribution is -2.37. The Hall–Kier alpha value is -2.33. The SMILES string of the molecule is Cc1ccc(N)cc1C(=O)N(CCN(C)C)c1ccccc1. The first-order valence-electron chi connectivity index (χ1n) is 7.37. The van der Waals surface area contributed by atoms with E-state index in [4.69, 9.17) is 5.73 Å². The van der Waals surface area contributed by atoms with Gasteiger partial charge in [-0.25, -0.2) is 0 Å². The molecule has 0 unspecified atom stereocenters. The lowest BCUT2D eigenvalue weighted by molar-refractivity contribution is 0.0984. The number of para-hydroxylation sites is 1. The van der Waals surface area contributed by atoms with E-state index in [0.29, 0.717) is 17.8 Å². The molecule has 0 spiro atoms. The van der Waals surface area contributed by atoms with Crippen molar-refractivity contribution in [3.8, 4) is 0 Å². The number of carbonyl (C=O) groups excluding carboxylic acids is 1. The van der Waals surface area contributed by atoms with Gasteiger partial charge < -0.3 is 15.5 Å². The molecule has 4 heteroatoms. The van der Waals surface area contributed by atoms with Gasteiger partial charge in [0.15, 0.2) is 0 Å². The van der Waals surface area contributed by atoms with Gasteiger partial charge in [-0.05, 0) is 50.8 Å². The molecule has 22 heavy (non-hydrogen) atoms. The number of nitrogen functional groups attached to an aromatic ring is 1. The molecule has 0 saturated carbocycles. The lowest BCUT2D eigenvalue weighted by Gasteiger charge is -2.25. The van der Waals surface area contributed by atoms with Gasteiger partial charge in [0.25, 0.3) is 5.91 Å². The van der Waals surface area contributed by atoms with E-state index >= 15 is 0 Å². The number of amides is 1. The zero-order valence-corrected chi connectivity index (χ0v) is 13.4. The molecule has 2 N–H and O–H groups in total. The summed E-state index contributed by atoms with van der Waals surface area (Å²) in [5.41, 5.74) is 8.94. The second-order valence-electron chi connectivity index (χ2n) is 5.67. The van der Waals surface area contributed by atoms with Crippen LogP contribution in [-0.2, 0) is 0 Å². The van der Waals surface area contributed by atoms with Crippen molar-refractivity contribution in [1.29, 1.82) is 0 Å². The van der Waals surface area contributed by atoms with E-state index in [1.54, 1.807) is 6.07 Å². The van der Waals surface area contributed by atoms with Crippen molar-refractivity contribution >= 4 is 17.3 Å². The second-order valence-corrected chi connectivity index (χ2v) is 5.67. The molecule has 2 aromatic carbocycles. The molecule has 2 rings (SSSR count). The number of likely N-dealkylation sites (N-methyl/N-ethyl adjacent to an activating group) is 1. The van der Waals surface area contributed by atoms with Crippen LogP contribution in [0.15, 0.2) is 48.5 Å². The fourth-order valence-corrected chi connectivity index (χ4v) is 2.27. The van der Waals surface area contributed by atoms with Gasteiger partial charge in [-0.2, -0.15) is 0 Å². The highest BCUT2D eigenvalue weighted by molar-refractivity contribution is 6.07. The van der Waals surface area contributed by atoms with Crippen LogP contribution in [0.4, 0.5) is 11.4 Å². The standard InChI is InChI=1S/C18H23N3O/c1-14-9-10-15(19)13-17(14)18(22)21(12-11-20(2)3)16-7-5-4-6-8-16/h4-10,13H,11-12,19H2,1-3H3. The van der Waals surface area contributed by atoms with E-state index in [1.807, 2.05) is 68.4 Å². The molecular formula is C18H23N3O. The number of nitrogens with zero attached hydrogens (tertiary/aromatic N) is 2. The molecular weight excluding hydrogens is 274 g/mol. The zero-order valence-electron chi connectivity index (χ0n) is 13.4. The van der Waals surface area contributed by atoms with Crippen molar-refractivity contribution in [3.63, 3.8) is 0 Å². The molecule has 1 amide bonds. The highest BCUT2D eigenvalue weighted by Gasteiger charge is 2.19. The summed E-state index contributed by atoms with van der Waals surface area (Å²) in [6.45, 7) is 3.36. The minimum Gasteiger partial charge on any atom is -0.399 e. The Bertz CT molecular complexity index is 638. The summed E-state index contributed by atoms with van der Waals surface area (Å²) in [7, 11) is 4.00. The Labute approximate surface area is 132 Å². The predicted octanol–water partition coefficient (Wildman–Crippen LogP) is 2.79. The maximum atomic E-state index is 13.0. The third kappa shape index (κ3) is 3.86. The summed E-state index contributed by atoms with van der Waals surface area (Å²) >= 11 is 0. The summed E-state index contributed by atoms with van der Waals surface area (Å²) in [6, 6.07) is 15.2. The highest BCUT2D eigenvalue weighted by Crippen LogP contribution is 2.20. The molecule has 0 aliphatic rings. The highest BCUT2D eigenvalue weighted by atomic mass is 16.2. The summed E-state index contributed by atoms with van der Waals surface area (Å²) in [6.07, 6.45) is 0. The maximum absolute atomic E-state index is 13.0. The Morgan fingerprint density at radius 2 is 1.73 bits per heavy atom. The normalized spacial score (nSPS) is 10.7. The summed E-state index contributed by atoms with van der Waals surface area (Å²) in [4.78, 5) is 16.9. The number of carbonyl (C=O) groups is 1. The number of nitrogens with two attached hydrogens (primary N) is 1. The van der Waals surface area contributed by atoms with E-state index < -0.39 is 0 Å². The van der Waals surface area contributed by atoms with Crippen molar-refractivity contribution < 1.29 is 4.79 Å². The number of hydrogen-bond acceptors (Lipinski definition) is 3. The van der Waals surface area contributed by atoms with Gasteiger partial charge in [0.1, 0.15) is 0 Å². The Balaban J connectivity index is 2.35. The van der Waals surface area contributed by atoms with Crippen molar-refractivity contribution in [2.45, 2.75) is 6.92 Å². The van der Waals surface area contributed by atoms with Crippen LogP contribution in [0.5, 0.6) is 0 Å². The summed E-state index contributed by atoms with van der Waals surface area (Å²) in [5.74, 6) is -0.0159. The third-order valence-electron chi connectivity index (χ3n) is 3.58. The molecule has 0 saturated heterocycles. The first kappa shape index (κ1) is 16.0. The number of anilines is 2. The fraction of sp³-hybridized carbons (Fsp3) is 0.278. The predicted molar refractivity (Wildman–Crippen MR) is 92.3 cm³/mol. The largest absolute Gasteiger partial charge is 0.399 e. The molecule has 2 aromatic rings. The molecule has 116 valence electrons. The van der Waals surface area contributed by atoms with Gasteiger partial charge in [-0.3, -0.25) is 4.79 Å². The van der Waals surface area contributed by atoms with E-state index in [-0.39, 0.29) is 5.91 Å². The quantitative estimate of drug-likeness (QED) is 0.863. The molecule has 0 radical (unpaired) electrons. The average Bonchev–Trinajstić information content (AvgIpc) is 2.50. The van der Waals surface area contributed by atoms with Crippen LogP contribution < -0.4 is 10.6 Å². The number of rotatable bonds is 5. The van der Waals surface area contributed by atoms with Gasteiger partial charge in [0.05, 0.1) is 0 Å². The summed E-state index contributed by atoms with van der Waals surface area (Å²) in [5, 5.41) is 0. The van der Waals surface area contributed by atoms with Gasteiger partial charge in [-0.15, -0.1) is 0 Å². The Morgan fingerprint density at radius 1 is 1.05 bits per heavy atom. The van der Waals surface area contributed by atoms with Crippen molar-refractivity contribution in [2.75, 3.05) is 37.8 Å². The average molecular weight is 297 g/mol. The van der Waals surface area contributed by atoms with Crippen LogP contribution in [0.25, 0.3) is 0 Å². The van der Waals surface area contributed by atoms with Crippen molar-refractivity contribution in [2.24, 2.45) is 0 Å². The number of hydrogen-bond donors (Lipinski definition) is 1. The molecule has 0 heterocycles. The topological polar surface area (TPSA) is 49.6 Å². The van der Waals surface area contributed by atoms with Crippen LogP contribution in [0.1, 0.15) is 15.9 Å². The first-order chi connectivity index (χ1) is 10.5. The van der Waals surface area contributed by atoms with Crippen LogP contribution in [0, 0.1) is 6.92 Å². The van der Waals surface area contributed by atoms with E-state index in [1.165, 1.54) is 0 Å². The first-order valence-corrected chi connectivity index (χ1v) is 7.37. The van der Waals surface area contributed by atoms with Gasteiger partial charge in [-0.1, -0.05) is 24.3 Å². The zero-order chi connectivity index (χ0) is 16.1. The number of benzene rings is 2. The van der Waals surface area contributed by atoms with Crippen LogP contribution in [0.3, 0.4) is 0 Å². The number of aryl methyl sites for hydroxylation is 1. The Kier molecular flexibility index (Phi) is 5.17. The monoisotopic (exact) mass is 297 g/mol. The van der Waals surface area contributed by atoms with E-state index in [0.717, 1.165) is 17.8 Å². The molecule has 0 fully saturated rings. The van der Waals surface area contributed by atoms with E-state index in [9.17, 15) is 4.79 Å². The second kappa shape index (κ2) is 7.09. The minimum absolute atomic E-state index is 0.0159. The van der Waals surface area contributed by atoms with Crippen molar-refractivity contribution in [3.05, 3.63) is 59.7 Å². The molecule has 0 aliphatic carbocycles. The molecule has 4 nitrogen and oxygen atoms in total. The van der Waals surface area contributed by atoms with Crippen LogP contribution in [0.2, 0.25) is 0 Å². The molecule has 0 aromatic heterocycles. The minimum atomic E-state index is -0.0159. The molecule has 0 bridgehead atoms. The van der Waals surface area contributed by atoms with Gasteiger partial charge in [0.2, 0.25) is 0 Å². The van der Waals surface area contributed by atoms with Crippen molar-refractivity contribution in [1.82, 2.24) is 4.90 Å². The van der Waals surface area contributed by atoms with Gasteiger partial charge >= 0.3 is 0 Å². The molecule has 0 atom stereocenters. The summed E-state index contributed by atoms with van der Waals surface area (Å²) < 4.78 is 0. The van der Waals surface area contributed by atoms with Gasteiger partial charge in [0, 0.05) is 30.0 Å². The smallest absolute Gasteiger partial charge is 0.258 e. The maximum Gasteiger partial charge on any atom is 0.258 e. The Morgan fingerprint density at radius 3 is 2.36 bits per heavy atom. The lowest BCUT2D eigenvalue weighted by atomic mass is 10.1. The van der Waals surface area contributed by atoms with Crippen LogP contribution >= 0.6 is 0 Å². The van der Waals surface area contributed by atoms with E-state index in [2.05, 4.69) is 4.90 Å². The van der Waals surface area contributed by atoms with Crippen LogP contribution in [-0.4, -0.2) is 38.0 Å².